The molecule has 114 valence electrons. The summed E-state index contributed by atoms with van der Waals surface area (Å²) in [5.41, 5.74) is 0. The van der Waals surface area contributed by atoms with Crippen molar-refractivity contribution in [3.05, 3.63) is 36.1 Å². The van der Waals surface area contributed by atoms with Crippen LogP contribution in [0.1, 0.15) is 14.5 Å². The quantitative estimate of drug-likeness (QED) is 0.784. The number of sulfonamides is 1. The summed E-state index contributed by atoms with van der Waals surface area (Å²) in [4.78, 5) is 11.6. The summed E-state index contributed by atoms with van der Waals surface area (Å²) in [5, 5.41) is 8.93. The lowest BCUT2D eigenvalue weighted by molar-refractivity contribution is 0.0702. The van der Waals surface area contributed by atoms with Crippen molar-refractivity contribution in [3.63, 3.8) is 0 Å². The Morgan fingerprint density at radius 2 is 2.10 bits per heavy atom. The Labute approximate surface area is 143 Å². The van der Waals surface area contributed by atoms with Gasteiger partial charge in [0.2, 0.25) is 10.0 Å². The summed E-state index contributed by atoms with van der Waals surface area (Å²) < 4.78 is 27.0. The molecule has 0 aromatic carbocycles. The lowest BCUT2D eigenvalue weighted by atomic mass is 10.5. The van der Waals surface area contributed by atoms with Crippen LogP contribution >= 0.6 is 50.2 Å². The van der Waals surface area contributed by atoms with Crippen LogP contribution in [0.4, 0.5) is 0 Å². The van der Waals surface area contributed by atoms with E-state index in [1.165, 1.54) is 18.4 Å². The first kappa shape index (κ1) is 16.9. The zero-order valence-corrected chi connectivity index (χ0v) is 15.3. The summed E-state index contributed by atoms with van der Waals surface area (Å²) >= 11 is 11.1. The topological polar surface area (TPSA) is 74.7 Å². The molecule has 10 heteroatoms. The van der Waals surface area contributed by atoms with E-state index in [0.717, 1.165) is 26.6 Å². The number of carbonyl (C=O) groups is 1. The summed E-state index contributed by atoms with van der Waals surface area (Å²) in [7, 11) is -2.34. The maximum absolute atomic E-state index is 12.5. The van der Waals surface area contributed by atoms with Crippen LogP contribution in [0.25, 0.3) is 0 Å². The molecule has 2 aromatic rings. The number of carboxylic acid groups (broad SMARTS) is 1. The number of halogens is 2. The third-order valence-electron chi connectivity index (χ3n) is 2.56. The van der Waals surface area contributed by atoms with E-state index in [-0.39, 0.29) is 20.1 Å². The highest BCUT2D eigenvalue weighted by Crippen LogP contribution is 2.34. The van der Waals surface area contributed by atoms with E-state index < -0.39 is 16.0 Å². The largest absolute Gasteiger partial charge is 0.477 e. The number of nitrogens with zero attached hydrogens (tertiary/aromatic N) is 1. The molecule has 0 unspecified atom stereocenters. The summed E-state index contributed by atoms with van der Waals surface area (Å²) in [6, 6.07) is 4.61. The van der Waals surface area contributed by atoms with Gasteiger partial charge in [-0.2, -0.15) is 4.31 Å². The van der Waals surface area contributed by atoms with Crippen LogP contribution in [0.15, 0.2) is 26.9 Å². The lowest BCUT2D eigenvalue weighted by Crippen LogP contribution is -2.26. The number of carboxylic acids is 1. The Bertz CT molecular complexity index is 783. The second kappa shape index (κ2) is 6.35. The minimum atomic E-state index is -3.77. The Balaban J connectivity index is 2.30. The third-order valence-corrected chi connectivity index (χ3v) is 7.82. The van der Waals surface area contributed by atoms with E-state index in [9.17, 15) is 13.2 Å². The Kier molecular flexibility index (Phi) is 5.11. The van der Waals surface area contributed by atoms with Gasteiger partial charge in [0.1, 0.15) is 9.77 Å². The molecule has 0 aliphatic rings. The van der Waals surface area contributed by atoms with E-state index in [1.807, 2.05) is 0 Å². The zero-order valence-electron chi connectivity index (χ0n) is 10.5. The highest BCUT2D eigenvalue weighted by atomic mass is 79.9. The number of hydrogen-bond acceptors (Lipinski definition) is 5. The minimum absolute atomic E-state index is 0.0342. The molecule has 0 atom stereocenters. The van der Waals surface area contributed by atoms with Gasteiger partial charge in [0.15, 0.2) is 0 Å². The molecule has 2 heterocycles. The molecule has 0 spiro atoms. The van der Waals surface area contributed by atoms with E-state index in [2.05, 4.69) is 15.9 Å². The van der Waals surface area contributed by atoms with Crippen LogP contribution in [-0.4, -0.2) is 30.8 Å². The molecule has 0 saturated carbocycles. The average molecular weight is 431 g/mol. The molecule has 0 amide bonds. The van der Waals surface area contributed by atoms with E-state index in [4.69, 9.17) is 16.7 Å². The molecule has 0 fully saturated rings. The zero-order chi connectivity index (χ0) is 15.8. The van der Waals surface area contributed by atoms with Gasteiger partial charge in [0.05, 0.1) is 8.12 Å². The third kappa shape index (κ3) is 3.66. The number of thiophene rings is 2. The average Bonchev–Trinajstić information content (AvgIpc) is 2.96. The molecule has 0 bridgehead atoms. The summed E-state index contributed by atoms with van der Waals surface area (Å²) in [5.74, 6) is -1.16. The van der Waals surface area contributed by atoms with Crippen molar-refractivity contribution < 1.29 is 18.3 Å². The molecule has 0 saturated heterocycles. The van der Waals surface area contributed by atoms with Gasteiger partial charge < -0.3 is 5.11 Å². The second-order valence-corrected chi connectivity index (χ2v) is 10.2. The normalized spacial score (nSPS) is 12.0. The number of aromatic carboxylic acids is 1. The fraction of sp³-hybridized carbons (Fsp3) is 0.182. The van der Waals surface area contributed by atoms with Gasteiger partial charge in [-0.05, 0) is 34.1 Å². The first-order valence-corrected chi connectivity index (χ1v) is 9.69. The van der Waals surface area contributed by atoms with E-state index >= 15 is 0 Å². The summed E-state index contributed by atoms with van der Waals surface area (Å²) in [6.45, 7) is 0.171. The minimum Gasteiger partial charge on any atom is -0.477 e. The Hall–Kier alpha value is -0.450. The van der Waals surface area contributed by atoms with E-state index in [0.29, 0.717) is 4.34 Å². The van der Waals surface area contributed by atoms with Crippen LogP contribution in [0.2, 0.25) is 4.34 Å². The highest BCUT2D eigenvalue weighted by molar-refractivity contribution is 9.11. The summed E-state index contributed by atoms with van der Waals surface area (Å²) in [6.07, 6.45) is 0. The maximum atomic E-state index is 12.5. The van der Waals surface area contributed by atoms with Crippen LogP contribution in [0, 0.1) is 0 Å². The van der Waals surface area contributed by atoms with Crippen LogP contribution in [0.5, 0.6) is 0 Å². The van der Waals surface area contributed by atoms with Crippen LogP contribution < -0.4 is 0 Å². The fourth-order valence-electron chi connectivity index (χ4n) is 1.54. The van der Waals surface area contributed by atoms with Crippen molar-refractivity contribution >= 4 is 66.2 Å². The standard InChI is InChI=1S/C11H9BrClNO4S3/c1-14(5-6-2-3-9(13)19-6)21(17,18)8-4-7(11(15)16)20-10(8)12/h2-4H,5H2,1H3,(H,15,16). The fourth-order valence-corrected chi connectivity index (χ4v) is 6.26. The molecule has 2 aromatic heterocycles. The van der Waals surface area contributed by atoms with Gasteiger partial charge in [-0.1, -0.05) is 11.6 Å². The van der Waals surface area contributed by atoms with Crippen molar-refractivity contribution in [2.45, 2.75) is 11.4 Å². The van der Waals surface area contributed by atoms with Gasteiger partial charge in [-0.3, -0.25) is 0 Å². The molecule has 1 N–H and O–H groups in total. The van der Waals surface area contributed by atoms with Crippen molar-refractivity contribution in [2.75, 3.05) is 7.05 Å². The number of hydrogen-bond donors (Lipinski definition) is 1. The molecule has 0 aliphatic carbocycles. The first-order chi connectivity index (χ1) is 9.71. The molecule has 21 heavy (non-hydrogen) atoms. The van der Waals surface area contributed by atoms with Crippen LogP contribution in [-0.2, 0) is 16.6 Å². The van der Waals surface area contributed by atoms with E-state index in [1.54, 1.807) is 12.1 Å². The molecule has 5 nitrogen and oxygen atoms in total. The lowest BCUT2D eigenvalue weighted by Gasteiger charge is -2.15. The van der Waals surface area contributed by atoms with Gasteiger partial charge in [0, 0.05) is 18.5 Å². The van der Waals surface area contributed by atoms with Crippen molar-refractivity contribution in [2.24, 2.45) is 0 Å². The predicted molar refractivity (Wildman–Crippen MR) is 87.0 cm³/mol. The SMILES string of the molecule is CN(Cc1ccc(Cl)s1)S(=O)(=O)c1cc(C(=O)O)sc1Br. The maximum Gasteiger partial charge on any atom is 0.345 e. The first-order valence-electron chi connectivity index (χ1n) is 5.45. The predicted octanol–water partition coefficient (Wildman–Crippen LogP) is 3.74. The van der Waals surface area contributed by atoms with Crippen molar-refractivity contribution in [1.29, 1.82) is 0 Å². The van der Waals surface area contributed by atoms with Gasteiger partial charge >= 0.3 is 5.97 Å². The number of rotatable bonds is 5. The molecular weight excluding hydrogens is 422 g/mol. The Morgan fingerprint density at radius 3 is 2.57 bits per heavy atom. The highest BCUT2D eigenvalue weighted by Gasteiger charge is 2.27. The molecule has 0 aliphatic heterocycles. The second-order valence-electron chi connectivity index (χ2n) is 4.02. The smallest absolute Gasteiger partial charge is 0.345 e. The van der Waals surface area contributed by atoms with Gasteiger partial charge in [-0.25, -0.2) is 13.2 Å². The molecular formula is C11H9BrClNO4S3. The Morgan fingerprint density at radius 1 is 1.43 bits per heavy atom. The molecule has 2 rings (SSSR count). The van der Waals surface area contributed by atoms with Crippen molar-refractivity contribution in [1.82, 2.24) is 4.31 Å². The van der Waals surface area contributed by atoms with Crippen LogP contribution in [0.3, 0.4) is 0 Å². The van der Waals surface area contributed by atoms with Crippen molar-refractivity contribution in [3.8, 4) is 0 Å². The monoisotopic (exact) mass is 429 g/mol. The van der Waals surface area contributed by atoms with Gasteiger partial charge in [-0.15, -0.1) is 22.7 Å². The van der Waals surface area contributed by atoms with Gasteiger partial charge in [0.25, 0.3) is 0 Å². The molecule has 0 radical (unpaired) electrons.